The fourth-order valence-corrected chi connectivity index (χ4v) is 0.975. The van der Waals surface area contributed by atoms with E-state index in [-0.39, 0.29) is 0 Å². The first kappa shape index (κ1) is 6.44. The molecule has 9 heavy (non-hydrogen) atoms. The number of hydrogen-bond donors (Lipinski definition) is 1. The van der Waals surface area contributed by atoms with E-state index >= 15 is 0 Å². The van der Waals surface area contributed by atoms with Crippen LogP contribution in [0.5, 0.6) is 0 Å². The van der Waals surface area contributed by atoms with Crippen LogP contribution in [0.2, 0.25) is 0 Å². The van der Waals surface area contributed by atoms with Gasteiger partial charge in [-0.05, 0) is 13.0 Å². The molecule has 0 bridgehead atoms. The van der Waals surface area contributed by atoms with Crippen LogP contribution in [0.4, 0.5) is 0 Å². The summed E-state index contributed by atoms with van der Waals surface area (Å²) in [5.41, 5.74) is 0. The molecule has 2 heteroatoms. The molecule has 1 aliphatic rings. The lowest BCUT2D eigenvalue weighted by Crippen LogP contribution is -2.23. The van der Waals surface area contributed by atoms with Gasteiger partial charge in [0.05, 0.1) is 0 Å². The van der Waals surface area contributed by atoms with Crippen LogP contribution < -0.4 is 5.32 Å². The van der Waals surface area contributed by atoms with E-state index in [0.717, 1.165) is 26.2 Å². The Bertz CT molecular complexity index is 107. The average Bonchev–Trinajstić information content (AvgIpc) is 2.13. The van der Waals surface area contributed by atoms with E-state index in [1.54, 1.807) is 0 Å². The lowest BCUT2D eigenvalue weighted by molar-refractivity contribution is 0.426. The van der Waals surface area contributed by atoms with Gasteiger partial charge in [-0.2, -0.15) is 0 Å². The third kappa shape index (κ3) is 1.95. The highest BCUT2D eigenvalue weighted by molar-refractivity contribution is 4.86. The maximum atomic E-state index is 5.22. The molecule has 1 saturated heterocycles. The maximum absolute atomic E-state index is 5.22. The summed E-state index contributed by atoms with van der Waals surface area (Å²) in [6, 6.07) is 2.64. The Morgan fingerprint density at radius 3 is 3.00 bits per heavy atom. The highest BCUT2D eigenvalue weighted by atomic mass is 15.1. The Morgan fingerprint density at radius 2 is 2.22 bits per heavy atom. The van der Waals surface area contributed by atoms with Crippen molar-refractivity contribution in [1.82, 2.24) is 10.2 Å². The van der Waals surface area contributed by atoms with Crippen molar-refractivity contribution in [2.75, 3.05) is 26.2 Å². The summed E-state index contributed by atoms with van der Waals surface area (Å²) < 4.78 is 0. The van der Waals surface area contributed by atoms with Crippen LogP contribution in [-0.4, -0.2) is 31.1 Å². The molecular weight excluding hydrogens is 112 g/mol. The summed E-state index contributed by atoms with van der Waals surface area (Å²) in [5.74, 6) is 0. The van der Waals surface area contributed by atoms with Gasteiger partial charge in [0.15, 0.2) is 0 Å². The van der Waals surface area contributed by atoms with Gasteiger partial charge in [-0.1, -0.05) is 6.42 Å². The molecule has 1 fully saturated rings. The Balaban J connectivity index is 2.29. The summed E-state index contributed by atoms with van der Waals surface area (Å²) >= 11 is 0. The first-order valence-corrected chi connectivity index (χ1v) is 3.35. The van der Waals surface area contributed by atoms with Crippen molar-refractivity contribution in [1.29, 1.82) is 0 Å². The summed E-state index contributed by atoms with van der Waals surface area (Å²) in [4.78, 5) is 2.01. The molecule has 0 amide bonds. The van der Waals surface area contributed by atoms with Crippen LogP contribution >= 0.6 is 0 Å². The van der Waals surface area contributed by atoms with Gasteiger partial charge in [0.1, 0.15) is 0 Å². The van der Waals surface area contributed by atoms with Crippen LogP contribution in [0.1, 0.15) is 6.42 Å². The van der Waals surface area contributed by atoms with Crippen molar-refractivity contribution in [3.8, 4) is 12.5 Å². The second-order valence-corrected chi connectivity index (χ2v) is 2.22. The third-order valence-electron chi connectivity index (χ3n) is 1.52. The van der Waals surface area contributed by atoms with E-state index in [9.17, 15) is 0 Å². The van der Waals surface area contributed by atoms with Crippen molar-refractivity contribution in [3.05, 3.63) is 0 Å². The van der Waals surface area contributed by atoms with E-state index in [0.29, 0.717) is 0 Å². The standard InChI is InChI=1S/C7H12N2/c1-2-9-6-3-4-8-5-7-9/h1,8H,3-7H2. The minimum atomic E-state index is 0.997. The molecule has 1 heterocycles. The number of nitrogens with zero attached hydrogens (tertiary/aromatic N) is 1. The molecule has 0 radical (unpaired) electrons. The molecule has 0 unspecified atom stereocenters. The highest BCUT2D eigenvalue weighted by Crippen LogP contribution is 1.90. The molecule has 2 nitrogen and oxygen atoms in total. The molecule has 0 aromatic heterocycles. The second kappa shape index (κ2) is 3.37. The smallest absolute Gasteiger partial charge is 0.0385 e. The van der Waals surface area contributed by atoms with Gasteiger partial charge < -0.3 is 10.2 Å². The summed E-state index contributed by atoms with van der Waals surface area (Å²) in [6.45, 7) is 4.18. The van der Waals surface area contributed by atoms with E-state index in [4.69, 9.17) is 6.42 Å². The molecule has 1 aliphatic heterocycles. The number of terminal acetylenes is 1. The van der Waals surface area contributed by atoms with Gasteiger partial charge in [-0.15, -0.1) is 0 Å². The molecule has 1 N–H and O–H groups in total. The molecule has 1 rings (SSSR count). The van der Waals surface area contributed by atoms with Crippen molar-refractivity contribution in [2.45, 2.75) is 6.42 Å². The quantitative estimate of drug-likeness (QED) is 0.453. The van der Waals surface area contributed by atoms with Gasteiger partial charge >= 0.3 is 0 Å². The lowest BCUT2D eigenvalue weighted by atomic mass is 10.4. The largest absolute Gasteiger partial charge is 0.332 e. The predicted molar refractivity (Wildman–Crippen MR) is 37.9 cm³/mol. The molecule has 50 valence electrons. The third-order valence-corrected chi connectivity index (χ3v) is 1.52. The van der Waals surface area contributed by atoms with Crippen molar-refractivity contribution in [2.24, 2.45) is 0 Å². The zero-order chi connectivity index (χ0) is 6.53. The lowest BCUT2D eigenvalue weighted by Gasteiger charge is -2.11. The van der Waals surface area contributed by atoms with Crippen molar-refractivity contribution < 1.29 is 0 Å². The average molecular weight is 124 g/mol. The van der Waals surface area contributed by atoms with Gasteiger partial charge in [0, 0.05) is 25.7 Å². The molecule has 0 atom stereocenters. The molecule has 0 saturated carbocycles. The Labute approximate surface area is 56.2 Å². The Hall–Kier alpha value is -0.680. The first-order valence-electron chi connectivity index (χ1n) is 3.35. The van der Waals surface area contributed by atoms with E-state index < -0.39 is 0 Å². The monoisotopic (exact) mass is 124 g/mol. The molecule has 0 spiro atoms. The van der Waals surface area contributed by atoms with Gasteiger partial charge in [-0.25, -0.2) is 0 Å². The van der Waals surface area contributed by atoms with E-state index in [1.807, 2.05) is 4.90 Å². The topological polar surface area (TPSA) is 15.3 Å². The van der Waals surface area contributed by atoms with Crippen LogP contribution in [0.15, 0.2) is 0 Å². The van der Waals surface area contributed by atoms with E-state index in [2.05, 4.69) is 11.4 Å². The highest BCUT2D eigenvalue weighted by Gasteiger charge is 2.02. The molecule has 0 aromatic carbocycles. The zero-order valence-electron chi connectivity index (χ0n) is 5.56. The van der Waals surface area contributed by atoms with Crippen molar-refractivity contribution in [3.63, 3.8) is 0 Å². The predicted octanol–water partition coefficient (Wildman–Crippen LogP) is -0.128. The van der Waals surface area contributed by atoms with Gasteiger partial charge in [0.2, 0.25) is 0 Å². The summed E-state index contributed by atoms with van der Waals surface area (Å²) in [7, 11) is 0. The normalized spacial score (nSPS) is 20.6. The minimum Gasteiger partial charge on any atom is -0.332 e. The second-order valence-electron chi connectivity index (χ2n) is 2.22. The molecule has 0 aromatic rings. The van der Waals surface area contributed by atoms with Gasteiger partial charge in [0.25, 0.3) is 0 Å². The Kier molecular flexibility index (Phi) is 2.41. The van der Waals surface area contributed by atoms with Crippen LogP contribution in [0, 0.1) is 12.5 Å². The summed E-state index contributed by atoms with van der Waals surface area (Å²) in [6.07, 6.45) is 6.39. The first-order chi connectivity index (χ1) is 4.43. The molecular formula is C7H12N2. The fourth-order valence-electron chi connectivity index (χ4n) is 0.975. The van der Waals surface area contributed by atoms with E-state index in [1.165, 1.54) is 6.42 Å². The maximum Gasteiger partial charge on any atom is 0.0385 e. The van der Waals surface area contributed by atoms with Crippen LogP contribution in [-0.2, 0) is 0 Å². The molecule has 0 aliphatic carbocycles. The number of nitrogens with one attached hydrogen (secondary N) is 1. The zero-order valence-corrected chi connectivity index (χ0v) is 5.56. The van der Waals surface area contributed by atoms with Crippen LogP contribution in [0.3, 0.4) is 0 Å². The van der Waals surface area contributed by atoms with Gasteiger partial charge in [-0.3, -0.25) is 0 Å². The van der Waals surface area contributed by atoms with Crippen molar-refractivity contribution >= 4 is 0 Å². The number of rotatable bonds is 0. The minimum absolute atomic E-state index is 0.997. The number of hydrogen-bond acceptors (Lipinski definition) is 2. The SMILES string of the molecule is C#CN1CCCNCC1. The summed E-state index contributed by atoms with van der Waals surface area (Å²) in [5, 5.41) is 3.27. The van der Waals surface area contributed by atoms with Crippen LogP contribution in [0.25, 0.3) is 0 Å². The fraction of sp³-hybridized carbons (Fsp3) is 0.714. The Morgan fingerprint density at radius 1 is 1.33 bits per heavy atom.